The molecule has 1 unspecified atom stereocenters. The van der Waals surface area contributed by atoms with Crippen molar-refractivity contribution in [1.29, 1.82) is 0 Å². The zero-order valence-corrected chi connectivity index (χ0v) is 14.2. The molecule has 0 aromatic heterocycles. The quantitative estimate of drug-likeness (QED) is 0.402. The van der Waals surface area contributed by atoms with E-state index in [9.17, 15) is 9.59 Å². The molecular weight excluding hydrogens is 312 g/mol. The van der Waals surface area contributed by atoms with E-state index in [-0.39, 0.29) is 18.9 Å². The highest BCUT2D eigenvalue weighted by Gasteiger charge is 2.20. The van der Waals surface area contributed by atoms with Crippen LogP contribution in [0, 0.1) is 0 Å². The number of ether oxygens (including phenoxy) is 2. The highest BCUT2D eigenvalue weighted by atomic mass is 16.6. The van der Waals surface area contributed by atoms with Gasteiger partial charge in [-0.15, -0.1) is 0 Å². The Bertz CT molecular complexity index is 569. The number of amides is 1. The summed E-state index contributed by atoms with van der Waals surface area (Å²) in [5.74, 6) is 5.35. The molecule has 0 saturated heterocycles. The maximum Gasteiger partial charge on any atom is 0.311 e. The summed E-state index contributed by atoms with van der Waals surface area (Å²) < 4.78 is 10.3. The Labute approximate surface area is 141 Å². The number of benzene rings is 1. The maximum absolute atomic E-state index is 12.0. The number of nitrogens with two attached hydrogens (primary N) is 1. The first-order chi connectivity index (χ1) is 11.5. The molecule has 0 aliphatic heterocycles. The standard InChI is InChI=1S/C17H24N2O5/c1-4-15(17(21)19-10-9-12(2)24-18)23-16(20)11-13-5-7-14(22-3)8-6-13/h5-9,15H,4,10-11,18H2,1-3H3,(H,19,21)/b12-9-. The molecule has 0 spiro atoms. The average Bonchev–Trinajstić information content (AvgIpc) is 2.59. The fourth-order valence-electron chi connectivity index (χ4n) is 1.89. The third-order valence-electron chi connectivity index (χ3n) is 3.30. The van der Waals surface area contributed by atoms with Crippen molar-refractivity contribution in [3.63, 3.8) is 0 Å². The monoisotopic (exact) mass is 336 g/mol. The molecule has 1 aromatic carbocycles. The van der Waals surface area contributed by atoms with Crippen LogP contribution in [-0.2, 0) is 25.6 Å². The van der Waals surface area contributed by atoms with Crippen molar-refractivity contribution in [2.45, 2.75) is 32.8 Å². The van der Waals surface area contributed by atoms with Gasteiger partial charge in [-0.2, -0.15) is 5.90 Å². The van der Waals surface area contributed by atoms with Crippen molar-refractivity contribution in [3.05, 3.63) is 41.7 Å². The van der Waals surface area contributed by atoms with Crippen molar-refractivity contribution in [1.82, 2.24) is 5.32 Å². The van der Waals surface area contributed by atoms with E-state index >= 15 is 0 Å². The van der Waals surface area contributed by atoms with Gasteiger partial charge in [0.05, 0.1) is 13.5 Å². The van der Waals surface area contributed by atoms with E-state index < -0.39 is 12.1 Å². The van der Waals surface area contributed by atoms with Crippen LogP contribution in [0.15, 0.2) is 36.1 Å². The number of carbonyl (C=O) groups is 2. The molecule has 24 heavy (non-hydrogen) atoms. The number of rotatable bonds is 9. The van der Waals surface area contributed by atoms with Crippen molar-refractivity contribution >= 4 is 11.9 Å². The van der Waals surface area contributed by atoms with Gasteiger partial charge in [0, 0.05) is 6.54 Å². The van der Waals surface area contributed by atoms with Gasteiger partial charge < -0.3 is 19.6 Å². The fraction of sp³-hybridized carbons (Fsp3) is 0.412. The molecular formula is C17H24N2O5. The van der Waals surface area contributed by atoms with Crippen LogP contribution in [-0.4, -0.2) is 31.6 Å². The van der Waals surface area contributed by atoms with Gasteiger partial charge in [0.1, 0.15) is 11.5 Å². The Kier molecular flexibility index (Phi) is 8.35. The largest absolute Gasteiger partial charge is 0.497 e. The molecule has 1 amide bonds. The third-order valence-corrected chi connectivity index (χ3v) is 3.30. The lowest BCUT2D eigenvalue weighted by molar-refractivity contribution is -0.155. The van der Waals surface area contributed by atoms with E-state index in [2.05, 4.69) is 10.2 Å². The summed E-state index contributed by atoms with van der Waals surface area (Å²) in [6.45, 7) is 3.68. The van der Waals surface area contributed by atoms with E-state index in [0.29, 0.717) is 17.9 Å². The summed E-state index contributed by atoms with van der Waals surface area (Å²) in [7, 11) is 1.57. The molecule has 1 atom stereocenters. The first kappa shape index (κ1) is 19.5. The number of hydrogen-bond donors (Lipinski definition) is 2. The highest BCUT2D eigenvalue weighted by molar-refractivity contribution is 5.84. The zero-order chi connectivity index (χ0) is 17.9. The Morgan fingerprint density at radius 3 is 2.50 bits per heavy atom. The molecule has 0 bridgehead atoms. The van der Waals surface area contributed by atoms with Crippen LogP contribution in [0.2, 0.25) is 0 Å². The molecule has 1 aromatic rings. The maximum atomic E-state index is 12.0. The van der Waals surface area contributed by atoms with Crippen LogP contribution in [0.4, 0.5) is 0 Å². The molecule has 0 aliphatic rings. The molecule has 0 aliphatic carbocycles. The molecule has 0 saturated carbocycles. The summed E-state index contributed by atoms with van der Waals surface area (Å²) in [4.78, 5) is 28.5. The second-order valence-corrected chi connectivity index (χ2v) is 5.09. The average molecular weight is 336 g/mol. The van der Waals surface area contributed by atoms with Gasteiger partial charge in [-0.05, 0) is 37.1 Å². The number of esters is 1. The molecule has 7 nitrogen and oxygen atoms in total. The number of methoxy groups -OCH3 is 1. The van der Waals surface area contributed by atoms with Gasteiger partial charge in [-0.3, -0.25) is 9.59 Å². The summed E-state index contributed by atoms with van der Waals surface area (Å²) in [5.41, 5.74) is 0.787. The van der Waals surface area contributed by atoms with Crippen molar-refractivity contribution in [2.75, 3.05) is 13.7 Å². The Morgan fingerprint density at radius 2 is 1.96 bits per heavy atom. The van der Waals surface area contributed by atoms with Crippen molar-refractivity contribution in [3.8, 4) is 5.75 Å². The number of hydrogen-bond acceptors (Lipinski definition) is 6. The first-order valence-corrected chi connectivity index (χ1v) is 7.63. The van der Waals surface area contributed by atoms with Gasteiger partial charge in [0.25, 0.3) is 5.91 Å². The molecule has 7 heteroatoms. The van der Waals surface area contributed by atoms with E-state index in [1.807, 2.05) is 0 Å². The minimum atomic E-state index is -0.830. The topological polar surface area (TPSA) is 99.9 Å². The van der Waals surface area contributed by atoms with Crippen LogP contribution in [0.1, 0.15) is 25.8 Å². The van der Waals surface area contributed by atoms with E-state index in [0.717, 1.165) is 5.56 Å². The number of nitrogens with one attached hydrogen (secondary N) is 1. The van der Waals surface area contributed by atoms with Gasteiger partial charge in [0.2, 0.25) is 0 Å². The van der Waals surface area contributed by atoms with Crippen LogP contribution >= 0.6 is 0 Å². The van der Waals surface area contributed by atoms with Crippen LogP contribution in [0.25, 0.3) is 0 Å². The van der Waals surface area contributed by atoms with Crippen LogP contribution in [0.5, 0.6) is 5.75 Å². The van der Waals surface area contributed by atoms with Gasteiger partial charge in [-0.25, -0.2) is 0 Å². The first-order valence-electron chi connectivity index (χ1n) is 7.63. The summed E-state index contributed by atoms with van der Waals surface area (Å²) in [6.07, 6.45) is 1.26. The van der Waals surface area contributed by atoms with Gasteiger partial charge in [-0.1, -0.05) is 19.1 Å². The minimum absolute atomic E-state index is 0.0911. The lowest BCUT2D eigenvalue weighted by Crippen LogP contribution is -2.37. The van der Waals surface area contributed by atoms with E-state index in [4.69, 9.17) is 15.4 Å². The summed E-state index contributed by atoms with van der Waals surface area (Å²) >= 11 is 0. The van der Waals surface area contributed by atoms with Crippen molar-refractivity contribution < 1.29 is 23.9 Å². The zero-order valence-electron chi connectivity index (χ0n) is 14.2. The smallest absolute Gasteiger partial charge is 0.311 e. The predicted molar refractivity (Wildman–Crippen MR) is 88.9 cm³/mol. The summed E-state index contributed by atoms with van der Waals surface area (Å²) in [5, 5.41) is 2.64. The highest BCUT2D eigenvalue weighted by Crippen LogP contribution is 2.12. The van der Waals surface area contributed by atoms with E-state index in [1.165, 1.54) is 0 Å². The van der Waals surface area contributed by atoms with Crippen molar-refractivity contribution in [2.24, 2.45) is 5.90 Å². The second-order valence-electron chi connectivity index (χ2n) is 5.09. The minimum Gasteiger partial charge on any atom is -0.497 e. The Morgan fingerprint density at radius 1 is 1.29 bits per heavy atom. The lowest BCUT2D eigenvalue weighted by atomic mass is 10.1. The predicted octanol–water partition coefficient (Wildman–Crippen LogP) is 1.47. The van der Waals surface area contributed by atoms with Gasteiger partial charge in [0.15, 0.2) is 6.10 Å². The molecule has 0 radical (unpaired) electrons. The molecule has 1 rings (SSSR count). The summed E-state index contributed by atoms with van der Waals surface area (Å²) in [6, 6.07) is 7.09. The van der Waals surface area contributed by atoms with Crippen LogP contribution < -0.4 is 16.0 Å². The van der Waals surface area contributed by atoms with Crippen LogP contribution in [0.3, 0.4) is 0 Å². The molecule has 3 N–H and O–H groups in total. The number of carbonyl (C=O) groups excluding carboxylic acids is 2. The second kappa shape index (κ2) is 10.3. The fourth-order valence-corrected chi connectivity index (χ4v) is 1.89. The number of allylic oxidation sites excluding steroid dienone is 1. The normalized spacial score (nSPS) is 12.2. The SMILES string of the molecule is CCC(OC(=O)Cc1ccc(OC)cc1)C(=O)NC/C=C(/C)ON. The van der Waals surface area contributed by atoms with Gasteiger partial charge >= 0.3 is 5.97 Å². The molecule has 0 fully saturated rings. The third kappa shape index (κ3) is 6.70. The lowest BCUT2D eigenvalue weighted by Gasteiger charge is -2.15. The van der Waals surface area contributed by atoms with E-state index in [1.54, 1.807) is 51.3 Å². The Balaban J connectivity index is 2.50. The molecule has 132 valence electrons. The Hall–Kier alpha value is -2.54. The molecule has 0 heterocycles.